The Morgan fingerprint density at radius 1 is 1.21 bits per heavy atom. The van der Waals surface area contributed by atoms with E-state index >= 15 is 0 Å². The zero-order chi connectivity index (χ0) is 17.3. The molecule has 2 heterocycles. The molecule has 2 amide bonds. The Bertz CT molecular complexity index is 503. The summed E-state index contributed by atoms with van der Waals surface area (Å²) in [6.45, 7) is 12.0. The van der Waals surface area contributed by atoms with E-state index in [-0.39, 0.29) is 23.9 Å². The molecule has 0 N–H and O–H groups in total. The van der Waals surface area contributed by atoms with Crippen LogP contribution in [0.4, 0.5) is 0 Å². The van der Waals surface area contributed by atoms with Crippen molar-refractivity contribution in [2.45, 2.75) is 58.0 Å². The van der Waals surface area contributed by atoms with Crippen molar-refractivity contribution in [2.24, 2.45) is 5.41 Å². The van der Waals surface area contributed by atoms with E-state index in [1.165, 1.54) is 6.42 Å². The molecule has 0 aromatic heterocycles. The van der Waals surface area contributed by atoms with Crippen molar-refractivity contribution in [2.75, 3.05) is 32.7 Å². The number of nitrogens with zero attached hydrogens (tertiary/aromatic N) is 3. The van der Waals surface area contributed by atoms with Gasteiger partial charge in [0.15, 0.2) is 0 Å². The summed E-state index contributed by atoms with van der Waals surface area (Å²) in [7, 11) is 0. The van der Waals surface area contributed by atoms with E-state index in [1.807, 2.05) is 29.7 Å². The van der Waals surface area contributed by atoms with Gasteiger partial charge in [-0.15, -0.1) is 6.58 Å². The summed E-state index contributed by atoms with van der Waals surface area (Å²) in [5.41, 5.74) is -0.391. The van der Waals surface area contributed by atoms with Crippen LogP contribution in [-0.4, -0.2) is 71.3 Å². The first kappa shape index (κ1) is 17.5. The van der Waals surface area contributed by atoms with Crippen molar-refractivity contribution in [1.82, 2.24) is 14.7 Å². The standard InChI is InChI=1S/C19H31N3O2/c1-4-10-20-11-13-21(14-12-20)17(23)16-19(8-6-5-7-9-19)18(24)22(16)15(2)3/h4,15-16H,1,5-14H2,2-3H3. The normalized spacial score (nSPS) is 27.5. The Kier molecular flexibility index (Phi) is 5.00. The second kappa shape index (κ2) is 6.87. The predicted molar refractivity (Wildman–Crippen MR) is 94.5 cm³/mol. The van der Waals surface area contributed by atoms with E-state index in [2.05, 4.69) is 11.5 Å². The molecule has 0 aromatic carbocycles. The Balaban J connectivity index is 1.73. The maximum absolute atomic E-state index is 13.3. The largest absolute Gasteiger partial charge is 0.338 e. The molecule has 1 saturated carbocycles. The van der Waals surface area contributed by atoms with E-state index in [4.69, 9.17) is 0 Å². The van der Waals surface area contributed by atoms with Gasteiger partial charge in [0.1, 0.15) is 6.04 Å². The molecule has 134 valence electrons. The Morgan fingerprint density at radius 3 is 2.38 bits per heavy atom. The van der Waals surface area contributed by atoms with Crippen molar-refractivity contribution in [3.63, 3.8) is 0 Å². The van der Waals surface area contributed by atoms with Gasteiger partial charge in [0.25, 0.3) is 0 Å². The number of carbonyl (C=O) groups is 2. The first-order valence-electron chi connectivity index (χ1n) is 9.46. The number of carbonyl (C=O) groups excluding carboxylic acids is 2. The van der Waals surface area contributed by atoms with Crippen LogP contribution in [0.5, 0.6) is 0 Å². The molecule has 1 aliphatic carbocycles. The zero-order valence-electron chi connectivity index (χ0n) is 15.2. The lowest BCUT2D eigenvalue weighted by Gasteiger charge is -2.59. The van der Waals surface area contributed by atoms with Gasteiger partial charge in [-0.25, -0.2) is 0 Å². The molecule has 3 fully saturated rings. The Morgan fingerprint density at radius 2 is 1.83 bits per heavy atom. The van der Waals surface area contributed by atoms with Gasteiger partial charge in [0.2, 0.25) is 11.8 Å². The predicted octanol–water partition coefficient (Wildman–Crippen LogP) is 1.89. The second-order valence-corrected chi connectivity index (χ2v) is 7.84. The summed E-state index contributed by atoms with van der Waals surface area (Å²) in [6.07, 6.45) is 7.05. The lowest BCUT2D eigenvalue weighted by molar-refractivity contribution is -0.190. The van der Waals surface area contributed by atoms with Crippen LogP contribution < -0.4 is 0 Å². The van der Waals surface area contributed by atoms with Gasteiger partial charge in [0.05, 0.1) is 5.41 Å². The Hall–Kier alpha value is -1.36. The first-order chi connectivity index (χ1) is 11.5. The summed E-state index contributed by atoms with van der Waals surface area (Å²) < 4.78 is 0. The average Bonchev–Trinajstić information content (AvgIpc) is 2.59. The maximum Gasteiger partial charge on any atom is 0.246 e. The average molecular weight is 333 g/mol. The molecule has 3 aliphatic rings. The SMILES string of the molecule is C=CCN1CCN(C(=O)C2N(C(C)C)C(=O)C23CCCCC3)CC1. The van der Waals surface area contributed by atoms with E-state index < -0.39 is 5.41 Å². The molecule has 1 spiro atoms. The van der Waals surface area contributed by atoms with E-state index in [9.17, 15) is 9.59 Å². The highest BCUT2D eigenvalue weighted by Crippen LogP contribution is 2.51. The smallest absolute Gasteiger partial charge is 0.246 e. The number of piperazine rings is 1. The number of rotatable bonds is 4. The van der Waals surface area contributed by atoms with E-state index in [1.54, 1.807) is 0 Å². The van der Waals surface area contributed by atoms with Crippen LogP contribution in [0.1, 0.15) is 46.0 Å². The van der Waals surface area contributed by atoms with Crippen LogP contribution in [0.15, 0.2) is 12.7 Å². The van der Waals surface area contributed by atoms with Crippen LogP contribution in [0, 0.1) is 5.41 Å². The number of amides is 2. The minimum atomic E-state index is -0.391. The van der Waals surface area contributed by atoms with Crippen molar-refractivity contribution in [1.29, 1.82) is 0 Å². The minimum absolute atomic E-state index is 0.0982. The fourth-order valence-corrected chi connectivity index (χ4v) is 4.76. The second-order valence-electron chi connectivity index (χ2n) is 7.84. The molecule has 0 bridgehead atoms. The van der Waals surface area contributed by atoms with Crippen molar-refractivity contribution >= 4 is 11.8 Å². The molecule has 2 saturated heterocycles. The topological polar surface area (TPSA) is 43.9 Å². The third kappa shape index (κ3) is 2.77. The number of hydrogen-bond donors (Lipinski definition) is 0. The van der Waals surface area contributed by atoms with Gasteiger partial charge >= 0.3 is 0 Å². The van der Waals surface area contributed by atoms with Gasteiger partial charge in [0, 0.05) is 38.8 Å². The van der Waals surface area contributed by atoms with Crippen LogP contribution in [0.3, 0.4) is 0 Å². The van der Waals surface area contributed by atoms with Crippen LogP contribution in [0.2, 0.25) is 0 Å². The van der Waals surface area contributed by atoms with E-state index in [0.717, 1.165) is 58.4 Å². The molecule has 0 aromatic rings. The van der Waals surface area contributed by atoms with Crippen LogP contribution >= 0.6 is 0 Å². The molecular weight excluding hydrogens is 302 g/mol. The van der Waals surface area contributed by atoms with Gasteiger partial charge in [-0.3, -0.25) is 14.5 Å². The van der Waals surface area contributed by atoms with Gasteiger partial charge in [-0.1, -0.05) is 25.3 Å². The van der Waals surface area contributed by atoms with Crippen molar-refractivity contribution in [3.8, 4) is 0 Å². The summed E-state index contributed by atoms with van der Waals surface area (Å²) in [5, 5.41) is 0. The number of hydrogen-bond acceptors (Lipinski definition) is 3. The van der Waals surface area contributed by atoms with Gasteiger partial charge < -0.3 is 9.80 Å². The van der Waals surface area contributed by atoms with Crippen LogP contribution in [-0.2, 0) is 9.59 Å². The van der Waals surface area contributed by atoms with Gasteiger partial charge in [-0.05, 0) is 26.7 Å². The highest BCUT2D eigenvalue weighted by atomic mass is 16.2. The van der Waals surface area contributed by atoms with Crippen LogP contribution in [0.25, 0.3) is 0 Å². The fourth-order valence-electron chi connectivity index (χ4n) is 4.76. The summed E-state index contributed by atoms with van der Waals surface area (Å²) in [5.74, 6) is 0.407. The maximum atomic E-state index is 13.3. The summed E-state index contributed by atoms with van der Waals surface area (Å²) >= 11 is 0. The molecular formula is C19H31N3O2. The van der Waals surface area contributed by atoms with E-state index in [0.29, 0.717) is 0 Å². The number of β-lactam (4-membered cyclic amide) rings is 1. The molecule has 1 unspecified atom stereocenters. The monoisotopic (exact) mass is 333 g/mol. The summed E-state index contributed by atoms with van der Waals surface area (Å²) in [4.78, 5) is 32.3. The molecule has 1 atom stereocenters. The lowest BCUT2D eigenvalue weighted by atomic mass is 9.61. The quantitative estimate of drug-likeness (QED) is 0.583. The van der Waals surface area contributed by atoms with Crippen molar-refractivity contribution in [3.05, 3.63) is 12.7 Å². The third-order valence-corrected chi connectivity index (χ3v) is 6.07. The third-order valence-electron chi connectivity index (χ3n) is 6.07. The lowest BCUT2D eigenvalue weighted by Crippen LogP contribution is -2.76. The molecule has 3 rings (SSSR count). The molecule has 0 radical (unpaired) electrons. The van der Waals surface area contributed by atoms with Gasteiger partial charge in [-0.2, -0.15) is 0 Å². The number of likely N-dealkylation sites (tertiary alicyclic amines) is 1. The minimum Gasteiger partial charge on any atom is -0.338 e. The molecule has 5 heteroatoms. The zero-order valence-corrected chi connectivity index (χ0v) is 15.2. The molecule has 5 nitrogen and oxygen atoms in total. The molecule has 2 aliphatic heterocycles. The summed E-state index contributed by atoms with van der Waals surface area (Å²) in [6, 6.07) is -0.127. The highest BCUT2D eigenvalue weighted by molar-refractivity contribution is 6.02. The Labute approximate surface area is 145 Å². The first-order valence-corrected chi connectivity index (χ1v) is 9.46. The fraction of sp³-hybridized carbons (Fsp3) is 0.789. The highest BCUT2D eigenvalue weighted by Gasteiger charge is 2.64. The molecule has 24 heavy (non-hydrogen) atoms. The van der Waals surface area contributed by atoms with Crippen molar-refractivity contribution < 1.29 is 9.59 Å².